The molecule has 2 aromatic heterocycles. The molecule has 0 radical (unpaired) electrons. The molecule has 0 unspecified atom stereocenters. The average molecular weight is 368 g/mol. The monoisotopic (exact) mass is 368 g/mol. The maximum absolute atomic E-state index is 5.53. The van der Waals surface area contributed by atoms with Crippen LogP contribution in [0.25, 0.3) is 0 Å². The highest BCUT2D eigenvalue weighted by Gasteiger charge is 2.28. The number of hydrogen-bond donors (Lipinski definition) is 1. The van der Waals surface area contributed by atoms with Crippen LogP contribution in [0, 0.1) is 12.8 Å². The van der Waals surface area contributed by atoms with Crippen LogP contribution in [-0.4, -0.2) is 51.1 Å². The molecule has 0 bridgehead atoms. The van der Waals surface area contributed by atoms with Crippen LogP contribution in [0.3, 0.4) is 0 Å². The fourth-order valence-corrected chi connectivity index (χ4v) is 4.13. The Morgan fingerprint density at radius 1 is 1.11 bits per heavy atom. The van der Waals surface area contributed by atoms with E-state index in [0.29, 0.717) is 11.9 Å². The van der Waals surface area contributed by atoms with Gasteiger partial charge in [0.15, 0.2) is 0 Å². The SMILES string of the molecule is Cc1nc(Nc2cnccn2)cc([C@@H]2CCCCN2CC2CCOCC2)n1. The Kier molecular flexibility index (Phi) is 5.89. The zero-order chi connectivity index (χ0) is 18.5. The van der Waals surface area contributed by atoms with Crippen molar-refractivity contribution in [1.82, 2.24) is 24.8 Å². The Bertz CT molecular complexity index is 735. The first kappa shape index (κ1) is 18.3. The quantitative estimate of drug-likeness (QED) is 0.868. The molecule has 2 saturated heterocycles. The van der Waals surface area contributed by atoms with Crippen molar-refractivity contribution in [3.63, 3.8) is 0 Å². The fourth-order valence-electron chi connectivity index (χ4n) is 4.13. The topological polar surface area (TPSA) is 76.1 Å². The van der Waals surface area contributed by atoms with Gasteiger partial charge >= 0.3 is 0 Å². The van der Waals surface area contributed by atoms with Gasteiger partial charge < -0.3 is 10.1 Å². The molecule has 2 fully saturated rings. The number of piperidine rings is 1. The Labute approximate surface area is 160 Å². The predicted molar refractivity (Wildman–Crippen MR) is 104 cm³/mol. The van der Waals surface area contributed by atoms with Crippen molar-refractivity contribution in [3.05, 3.63) is 36.2 Å². The lowest BCUT2D eigenvalue weighted by Crippen LogP contribution is -2.39. The summed E-state index contributed by atoms with van der Waals surface area (Å²) in [5.41, 5.74) is 1.11. The van der Waals surface area contributed by atoms with Gasteiger partial charge in [0, 0.05) is 38.2 Å². The molecular formula is C20H28N6O. The van der Waals surface area contributed by atoms with E-state index in [4.69, 9.17) is 9.72 Å². The molecule has 0 aromatic carbocycles. The van der Waals surface area contributed by atoms with Crippen molar-refractivity contribution in [2.45, 2.75) is 45.1 Å². The summed E-state index contributed by atoms with van der Waals surface area (Å²) in [6.07, 6.45) is 11.1. The molecular weight excluding hydrogens is 340 g/mol. The van der Waals surface area contributed by atoms with Crippen LogP contribution in [0.2, 0.25) is 0 Å². The summed E-state index contributed by atoms with van der Waals surface area (Å²) in [4.78, 5) is 20.3. The third-order valence-electron chi connectivity index (χ3n) is 5.47. The molecule has 27 heavy (non-hydrogen) atoms. The van der Waals surface area contributed by atoms with Gasteiger partial charge in [-0.05, 0) is 45.1 Å². The van der Waals surface area contributed by atoms with Gasteiger partial charge in [0.2, 0.25) is 0 Å². The molecule has 0 aliphatic carbocycles. The molecule has 0 amide bonds. The van der Waals surface area contributed by atoms with Gasteiger partial charge in [0.1, 0.15) is 17.5 Å². The number of hydrogen-bond acceptors (Lipinski definition) is 7. The van der Waals surface area contributed by atoms with Gasteiger partial charge in [-0.25, -0.2) is 15.0 Å². The Hall–Kier alpha value is -2.12. The number of anilines is 2. The Morgan fingerprint density at radius 2 is 2.00 bits per heavy atom. The number of aromatic nitrogens is 4. The normalized spacial score (nSPS) is 21.9. The summed E-state index contributed by atoms with van der Waals surface area (Å²) in [6.45, 7) is 6.06. The second-order valence-electron chi connectivity index (χ2n) is 7.50. The van der Waals surface area contributed by atoms with E-state index < -0.39 is 0 Å². The molecule has 1 N–H and O–H groups in total. The van der Waals surface area contributed by atoms with E-state index in [-0.39, 0.29) is 0 Å². The van der Waals surface area contributed by atoms with Crippen LogP contribution in [0.4, 0.5) is 11.6 Å². The first-order valence-corrected chi connectivity index (χ1v) is 9.98. The van der Waals surface area contributed by atoms with Gasteiger partial charge in [-0.3, -0.25) is 9.88 Å². The van der Waals surface area contributed by atoms with Crippen LogP contribution < -0.4 is 5.32 Å². The van der Waals surface area contributed by atoms with E-state index in [1.165, 1.54) is 25.7 Å². The zero-order valence-corrected chi connectivity index (χ0v) is 16.0. The minimum absolute atomic E-state index is 0.366. The maximum atomic E-state index is 5.53. The van der Waals surface area contributed by atoms with E-state index in [2.05, 4.69) is 31.2 Å². The molecule has 0 spiro atoms. The highest BCUT2D eigenvalue weighted by atomic mass is 16.5. The van der Waals surface area contributed by atoms with Crippen LogP contribution >= 0.6 is 0 Å². The van der Waals surface area contributed by atoms with E-state index in [0.717, 1.165) is 56.0 Å². The van der Waals surface area contributed by atoms with Crippen molar-refractivity contribution in [2.75, 3.05) is 31.6 Å². The summed E-state index contributed by atoms with van der Waals surface area (Å²) in [7, 11) is 0. The van der Waals surface area contributed by atoms with Gasteiger partial charge in [-0.15, -0.1) is 0 Å². The molecule has 2 aliphatic heterocycles. The number of aryl methyl sites for hydroxylation is 1. The minimum Gasteiger partial charge on any atom is -0.381 e. The molecule has 144 valence electrons. The number of rotatable bonds is 5. The molecule has 7 heteroatoms. The molecule has 2 aliphatic rings. The first-order valence-electron chi connectivity index (χ1n) is 9.98. The molecule has 0 saturated carbocycles. The minimum atomic E-state index is 0.366. The fraction of sp³-hybridized carbons (Fsp3) is 0.600. The van der Waals surface area contributed by atoms with Crippen molar-refractivity contribution in [2.24, 2.45) is 5.92 Å². The van der Waals surface area contributed by atoms with Crippen molar-refractivity contribution in [3.8, 4) is 0 Å². The van der Waals surface area contributed by atoms with Crippen LogP contribution in [0.5, 0.6) is 0 Å². The van der Waals surface area contributed by atoms with Crippen molar-refractivity contribution < 1.29 is 4.74 Å². The molecule has 2 aromatic rings. The van der Waals surface area contributed by atoms with Gasteiger partial charge in [0.25, 0.3) is 0 Å². The standard InChI is InChI=1S/C20H28N6O/c1-15-23-17(12-19(24-15)25-20-13-21-7-8-22-20)18-4-2-3-9-26(18)14-16-5-10-27-11-6-16/h7-8,12-13,16,18H,2-6,9-11,14H2,1H3,(H,22,23,24,25)/t18-/m0/s1. The van der Waals surface area contributed by atoms with Gasteiger partial charge in [-0.2, -0.15) is 0 Å². The summed E-state index contributed by atoms with van der Waals surface area (Å²) in [5, 5.41) is 3.26. The molecule has 7 nitrogen and oxygen atoms in total. The lowest BCUT2D eigenvalue weighted by molar-refractivity contribution is 0.0376. The largest absolute Gasteiger partial charge is 0.381 e. The lowest BCUT2D eigenvalue weighted by Gasteiger charge is -2.38. The summed E-state index contributed by atoms with van der Waals surface area (Å²) < 4.78 is 5.53. The molecule has 4 rings (SSSR count). The Balaban J connectivity index is 1.52. The van der Waals surface area contributed by atoms with Crippen molar-refractivity contribution >= 4 is 11.6 Å². The number of ether oxygens (including phenoxy) is 1. The highest BCUT2D eigenvalue weighted by Crippen LogP contribution is 2.33. The third kappa shape index (κ3) is 4.78. The van der Waals surface area contributed by atoms with E-state index in [1.54, 1.807) is 18.6 Å². The molecule has 4 heterocycles. The van der Waals surface area contributed by atoms with Crippen molar-refractivity contribution in [1.29, 1.82) is 0 Å². The predicted octanol–water partition coefficient (Wildman–Crippen LogP) is 3.27. The maximum Gasteiger partial charge on any atom is 0.150 e. The number of nitrogens with one attached hydrogen (secondary N) is 1. The molecule has 1 atom stereocenters. The highest BCUT2D eigenvalue weighted by molar-refractivity contribution is 5.50. The summed E-state index contributed by atoms with van der Waals surface area (Å²) in [6, 6.07) is 2.44. The summed E-state index contributed by atoms with van der Waals surface area (Å²) >= 11 is 0. The number of nitrogens with zero attached hydrogens (tertiary/aromatic N) is 5. The van der Waals surface area contributed by atoms with Crippen LogP contribution in [-0.2, 0) is 4.74 Å². The number of likely N-dealkylation sites (tertiary alicyclic amines) is 1. The Morgan fingerprint density at radius 3 is 2.81 bits per heavy atom. The van der Waals surface area contributed by atoms with E-state index in [1.807, 2.05) is 6.92 Å². The van der Waals surface area contributed by atoms with Crippen LogP contribution in [0.1, 0.15) is 49.7 Å². The second kappa shape index (κ2) is 8.71. The van der Waals surface area contributed by atoms with Gasteiger partial charge in [-0.1, -0.05) is 6.42 Å². The van der Waals surface area contributed by atoms with E-state index >= 15 is 0 Å². The average Bonchev–Trinajstić information content (AvgIpc) is 2.69. The van der Waals surface area contributed by atoms with Gasteiger partial charge in [0.05, 0.1) is 17.9 Å². The lowest BCUT2D eigenvalue weighted by atomic mass is 9.94. The van der Waals surface area contributed by atoms with Crippen LogP contribution in [0.15, 0.2) is 24.7 Å². The first-order chi connectivity index (χ1) is 13.3. The summed E-state index contributed by atoms with van der Waals surface area (Å²) in [5.74, 6) is 3.01. The van der Waals surface area contributed by atoms with E-state index in [9.17, 15) is 0 Å². The zero-order valence-electron chi connectivity index (χ0n) is 16.0. The third-order valence-corrected chi connectivity index (χ3v) is 5.47. The second-order valence-corrected chi connectivity index (χ2v) is 7.50. The smallest absolute Gasteiger partial charge is 0.150 e.